The lowest BCUT2D eigenvalue weighted by molar-refractivity contribution is 1.06. The van der Waals surface area contributed by atoms with Crippen LogP contribution < -0.4 is 10.4 Å². The number of hydrogen-bond donors (Lipinski definition) is 0. The first-order valence-electron chi connectivity index (χ1n) is 9.82. The molecular formula is C26H32. The van der Waals surface area contributed by atoms with Crippen molar-refractivity contribution in [2.45, 2.75) is 54.4 Å². The van der Waals surface area contributed by atoms with Crippen LogP contribution in [0.5, 0.6) is 0 Å². The zero-order chi connectivity index (χ0) is 19.1. The van der Waals surface area contributed by atoms with Gasteiger partial charge >= 0.3 is 0 Å². The third-order valence-corrected chi connectivity index (χ3v) is 5.00. The highest BCUT2D eigenvalue weighted by atomic mass is 14.1. The second-order valence-electron chi connectivity index (χ2n) is 6.69. The molecule has 0 bridgehead atoms. The minimum Gasteiger partial charge on any atom is -0.0874 e. The lowest BCUT2D eigenvalue weighted by Crippen LogP contribution is -2.32. The molecule has 0 heterocycles. The van der Waals surface area contributed by atoms with Crippen LogP contribution >= 0.6 is 0 Å². The number of benzene rings is 2. The second kappa shape index (κ2) is 9.38. The fourth-order valence-corrected chi connectivity index (χ4v) is 3.55. The summed E-state index contributed by atoms with van der Waals surface area (Å²) in [5, 5.41) is 2.84. The molecule has 2 aromatic rings. The minimum absolute atomic E-state index is 1.15. The van der Waals surface area contributed by atoms with Crippen molar-refractivity contribution in [1.82, 2.24) is 0 Å². The fourth-order valence-electron chi connectivity index (χ4n) is 3.55. The predicted octanol–water partition coefficient (Wildman–Crippen LogP) is 6.49. The van der Waals surface area contributed by atoms with Crippen molar-refractivity contribution in [3.05, 3.63) is 76.2 Å². The van der Waals surface area contributed by atoms with E-state index in [-0.39, 0.29) is 0 Å². The third kappa shape index (κ3) is 4.25. The Morgan fingerprint density at radius 3 is 2.31 bits per heavy atom. The lowest BCUT2D eigenvalue weighted by Gasteiger charge is -2.15. The Bertz CT molecular complexity index is 922. The molecule has 136 valence electrons. The van der Waals surface area contributed by atoms with E-state index in [1.165, 1.54) is 50.3 Å². The van der Waals surface area contributed by atoms with E-state index < -0.39 is 0 Å². The molecule has 0 saturated heterocycles. The number of rotatable bonds is 3. The first-order valence-corrected chi connectivity index (χ1v) is 9.82. The summed E-state index contributed by atoms with van der Waals surface area (Å²) in [5.74, 6) is 0. The first kappa shape index (κ1) is 20.0. The van der Waals surface area contributed by atoms with E-state index in [0.717, 1.165) is 6.42 Å². The zero-order valence-electron chi connectivity index (χ0n) is 17.2. The Kier molecular flexibility index (Phi) is 7.21. The van der Waals surface area contributed by atoms with Gasteiger partial charge in [-0.25, -0.2) is 0 Å². The highest BCUT2D eigenvalue weighted by Crippen LogP contribution is 2.24. The van der Waals surface area contributed by atoms with Crippen molar-refractivity contribution >= 4 is 17.2 Å². The maximum Gasteiger partial charge on any atom is -0.0122 e. The Morgan fingerprint density at radius 1 is 0.962 bits per heavy atom. The summed E-state index contributed by atoms with van der Waals surface area (Å²) in [5.41, 5.74) is 8.20. The lowest BCUT2D eigenvalue weighted by atomic mass is 9.89. The highest BCUT2D eigenvalue weighted by molar-refractivity contribution is 5.77. The van der Waals surface area contributed by atoms with Crippen molar-refractivity contribution in [1.29, 1.82) is 0 Å². The standard InChI is InChI=1S/C24H26.C2H6/c1-5-10-17(2)19(4)23-16-22(20-12-7-6-8-13-20)15-21-14-9-11-18(3)24(21)23;1-2/h5-8,10,12-16H,9,11H2,1-4H3;1-2H3/b10-5-,19-17+;. The summed E-state index contributed by atoms with van der Waals surface area (Å²) in [6, 6.07) is 15.4. The molecule has 0 amide bonds. The highest BCUT2D eigenvalue weighted by Gasteiger charge is 2.10. The molecule has 0 aliphatic heterocycles. The number of allylic oxidation sites excluding steroid dienone is 4. The van der Waals surface area contributed by atoms with Crippen molar-refractivity contribution < 1.29 is 0 Å². The van der Waals surface area contributed by atoms with Crippen LogP contribution in [0.2, 0.25) is 0 Å². The molecule has 0 spiro atoms. The van der Waals surface area contributed by atoms with Crippen LogP contribution in [-0.2, 0) is 0 Å². The van der Waals surface area contributed by atoms with Gasteiger partial charge < -0.3 is 0 Å². The number of hydrogen-bond acceptors (Lipinski definition) is 0. The van der Waals surface area contributed by atoms with Crippen LogP contribution in [0.4, 0.5) is 0 Å². The summed E-state index contributed by atoms with van der Waals surface area (Å²) >= 11 is 0. The van der Waals surface area contributed by atoms with Gasteiger partial charge in [0.2, 0.25) is 0 Å². The van der Waals surface area contributed by atoms with Crippen molar-refractivity contribution in [2.75, 3.05) is 0 Å². The molecule has 3 rings (SSSR count). The van der Waals surface area contributed by atoms with E-state index in [4.69, 9.17) is 0 Å². The fraction of sp³-hybridized carbons (Fsp3) is 0.308. The Hall–Kier alpha value is -2.34. The summed E-state index contributed by atoms with van der Waals surface area (Å²) in [4.78, 5) is 0. The maximum atomic E-state index is 2.40. The zero-order valence-corrected chi connectivity index (χ0v) is 17.2. The molecule has 0 radical (unpaired) electrons. The van der Waals surface area contributed by atoms with E-state index in [1.54, 1.807) is 0 Å². The van der Waals surface area contributed by atoms with Crippen molar-refractivity contribution in [3.8, 4) is 11.1 Å². The van der Waals surface area contributed by atoms with Crippen LogP contribution in [0.1, 0.15) is 59.9 Å². The molecule has 0 fully saturated rings. The average molecular weight is 345 g/mol. The quantitative estimate of drug-likeness (QED) is 0.558. The molecule has 0 aromatic heterocycles. The van der Waals surface area contributed by atoms with E-state index in [2.05, 4.69) is 88.4 Å². The Balaban J connectivity index is 0.00000117. The predicted molar refractivity (Wildman–Crippen MR) is 118 cm³/mol. The first-order chi connectivity index (χ1) is 12.6. The van der Waals surface area contributed by atoms with Crippen LogP contribution in [0.15, 0.2) is 60.2 Å². The molecule has 0 saturated carbocycles. The normalized spacial score (nSPS) is 14.2. The van der Waals surface area contributed by atoms with Gasteiger partial charge in [-0.3, -0.25) is 0 Å². The van der Waals surface area contributed by atoms with Gasteiger partial charge in [-0.2, -0.15) is 0 Å². The number of fused-ring (bicyclic) bond motifs is 1. The molecule has 0 unspecified atom stereocenters. The molecule has 0 atom stereocenters. The molecule has 0 N–H and O–H groups in total. The molecule has 1 aliphatic rings. The molecule has 0 heteroatoms. The summed E-state index contributed by atoms with van der Waals surface area (Å²) < 4.78 is 0. The van der Waals surface area contributed by atoms with E-state index in [1.807, 2.05) is 13.8 Å². The van der Waals surface area contributed by atoms with Crippen LogP contribution in [0, 0.1) is 0 Å². The largest absolute Gasteiger partial charge is 0.0874 e. The van der Waals surface area contributed by atoms with Gasteiger partial charge in [-0.15, -0.1) is 0 Å². The smallest absolute Gasteiger partial charge is 0.0122 e. The van der Waals surface area contributed by atoms with Crippen molar-refractivity contribution in [3.63, 3.8) is 0 Å². The molecule has 0 nitrogen and oxygen atoms in total. The summed E-state index contributed by atoms with van der Waals surface area (Å²) in [7, 11) is 0. The topological polar surface area (TPSA) is 0 Å². The summed E-state index contributed by atoms with van der Waals surface area (Å²) in [6.45, 7) is 12.8. The van der Waals surface area contributed by atoms with Crippen molar-refractivity contribution in [2.24, 2.45) is 0 Å². The molecule has 2 aromatic carbocycles. The monoisotopic (exact) mass is 344 g/mol. The van der Waals surface area contributed by atoms with Crippen LogP contribution in [0.25, 0.3) is 28.3 Å². The van der Waals surface area contributed by atoms with Crippen LogP contribution in [-0.4, -0.2) is 0 Å². The SMILES string of the molecule is C/C=C\C(C)=C(/C)c1cc(-c2ccccc2)cc2c1=C(C)CCC=2.CC. The average Bonchev–Trinajstić information content (AvgIpc) is 2.69. The molecule has 1 aliphatic carbocycles. The van der Waals surface area contributed by atoms with Gasteiger partial charge in [-0.1, -0.05) is 68.0 Å². The van der Waals surface area contributed by atoms with Crippen LogP contribution in [0.3, 0.4) is 0 Å². The van der Waals surface area contributed by atoms with Gasteiger partial charge in [0.1, 0.15) is 0 Å². The third-order valence-electron chi connectivity index (χ3n) is 5.00. The second-order valence-corrected chi connectivity index (χ2v) is 6.69. The van der Waals surface area contributed by atoms with Gasteiger partial charge in [0.25, 0.3) is 0 Å². The van der Waals surface area contributed by atoms with Gasteiger partial charge in [0.05, 0.1) is 0 Å². The van der Waals surface area contributed by atoms with E-state index >= 15 is 0 Å². The Labute approximate surface area is 159 Å². The maximum absolute atomic E-state index is 2.40. The minimum atomic E-state index is 1.15. The molecule has 26 heavy (non-hydrogen) atoms. The van der Waals surface area contributed by atoms with Gasteiger partial charge in [0, 0.05) is 0 Å². The van der Waals surface area contributed by atoms with Gasteiger partial charge in [0.15, 0.2) is 0 Å². The van der Waals surface area contributed by atoms with E-state index in [0.29, 0.717) is 0 Å². The molecular weight excluding hydrogens is 312 g/mol. The summed E-state index contributed by atoms with van der Waals surface area (Å²) in [6.07, 6.45) is 9.04. The Morgan fingerprint density at radius 2 is 1.65 bits per heavy atom. The van der Waals surface area contributed by atoms with E-state index in [9.17, 15) is 0 Å². The van der Waals surface area contributed by atoms with Gasteiger partial charge in [-0.05, 0) is 90.9 Å².